The summed E-state index contributed by atoms with van der Waals surface area (Å²) in [6.07, 6.45) is 0. The van der Waals surface area contributed by atoms with E-state index in [0.717, 1.165) is 34.1 Å². The zero-order chi connectivity index (χ0) is 21.4. The van der Waals surface area contributed by atoms with Crippen LogP contribution in [0.5, 0.6) is 23.0 Å². The average Bonchev–Trinajstić information content (AvgIpc) is 2.75. The van der Waals surface area contributed by atoms with Crippen LogP contribution in [0.15, 0.2) is 72.8 Å². The van der Waals surface area contributed by atoms with Crippen LogP contribution in [0, 0.1) is 0 Å². The molecule has 0 radical (unpaired) electrons. The first-order valence-corrected chi connectivity index (χ1v) is 10.2. The molecule has 0 saturated heterocycles. The number of hydrogen-bond donors (Lipinski definition) is 0. The topological polar surface area (TPSA) is 36.9 Å². The fraction of sp³-hybridized carbons (Fsp3) is 0.308. The Morgan fingerprint density at radius 1 is 0.800 bits per heavy atom. The molecular weight excluding hydrogens is 376 g/mol. The molecule has 3 rings (SSSR count). The molecule has 0 aliphatic heterocycles. The van der Waals surface area contributed by atoms with Crippen molar-refractivity contribution in [3.05, 3.63) is 83.9 Å². The molecular formula is C26H30O4. The fourth-order valence-electron chi connectivity index (χ4n) is 3.19. The molecule has 30 heavy (non-hydrogen) atoms. The minimum atomic E-state index is -0.170. The minimum Gasteiger partial charge on any atom is -0.493 e. The highest BCUT2D eigenvalue weighted by atomic mass is 16.5. The summed E-state index contributed by atoms with van der Waals surface area (Å²) in [6, 6.07) is 23.8. The quantitative estimate of drug-likeness (QED) is 0.391. The maximum absolute atomic E-state index is 6.07. The van der Waals surface area contributed by atoms with Gasteiger partial charge in [0.15, 0.2) is 11.5 Å². The van der Waals surface area contributed by atoms with Crippen LogP contribution in [0.25, 0.3) is 0 Å². The van der Waals surface area contributed by atoms with Gasteiger partial charge in [-0.05, 0) is 54.4 Å². The Labute approximate surface area is 179 Å². The molecule has 0 aromatic heterocycles. The molecule has 3 aromatic carbocycles. The zero-order valence-electron chi connectivity index (χ0n) is 18.2. The highest BCUT2D eigenvalue weighted by Crippen LogP contribution is 2.34. The van der Waals surface area contributed by atoms with Gasteiger partial charge in [-0.15, -0.1) is 0 Å². The van der Waals surface area contributed by atoms with Crippen LogP contribution in [0.2, 0.25) is 0 Å². The van der Waals surface area contributed by atoms with E-state index in [4.69, 9.17) is 18.9 Å². The van der Waals surface area contributed by atoms with Crippen LogP contribution < -0.4 is 14.2 Å². The number of benzene rings is 3. The fourth-order valence-corrected chi connectivity index (χ4v) is 3.19. The van der Waals surface area contributed by atoms with E-state index >= 15 is 0 Å². The van der Waals surface area contributed by atoms with Gasteiger partial charge in [-0.3, -0.25) is 0 Å². The Kier molecular flexibility index (Phi) is 7.36. The molecule has 0 spiro atoms. The Hall–Kier alpha value is -2.98. The van der Waals surface area contributed by atoms with Crippen LogP contribution in [-0.2, 0) is 16.8 Å². The van der Waals surface area contributed by atoms with Gasteiger partial charge in [0, 0.05) is 5.41 Å². The molecule has 0 bridgehead atoms. The van der Waals surface area contributed by atoms with E-state index in [1.807, 2.05) is 73.7 Å². The van der Waals surface area contributed by atoms with Gasteiger partial charge >= 0.3 is 0 Å². The van der Waals surface area contributed by atoms with Crippen molar-refractivity contribution in [2.45, 2.75) is 32.8 Å². The first-order chi connectivity index (χ1) is 14.5. The van der Waals surface area contributed by atoms with Crippen LogP contribution in [0.1, 0.15) is 31.9 Å². The minimum absolute atomic E-state index is 0.170. The second-order valence-corrected chi connectivity index (χ2v) is 7.74. The van der Waals surface area contributed by atoms with E-state index in [9.17, 15) is 0 Å². The first-order valence-electron chi connectivity index (χ1n) is 10.2. The summed E-state index contributed by atoms with van der Waals surface area (Å²) >= 11 is 0. The van der Waals surface area contributed by atoms with Crippen LogP contribution in [0.3, 0.4) is 0 Å². The number of methoxy groups -OCH3 is 1. The predicted molar refractivity (Wildman–Crippen MR) is 120 cm³/mol. The smallest absolute Gasteiger partial charge is 0.161 e. The maximum Gasteiger partial charge on any atom is 0.161 e. The van der Waals surface area contributed by atoms with Crippen LogP contribution >= 0.6 is 0 Å². The van der Waals surface area contributed by atoms with E-state index in [1.165, 1.54) is 0 Å². The van der Waals surface area contributed by atoms with Crippen molar-refractivity contribution >= 4 is 0 Å². The lowest BCUT2D eigenvalue weighted by Crippen LogP contribution is -2.24. The standard InChI is InChI=1S/C26H30O4/c1-5-29-24-15-14-21(17-25(24)27-4)26(2,3)19-28-18-20-10-9-13-23(16-20)30-22-11-7-6-8-12-22/h6-17H,5,18-19H2,1-4H3. The van der Waals surface area contributed by atoms with Crippen molar-refractivity contribution in [3.63, 3.8) is 0 Å². The summed E-state index contributed by atoms with van der Waals surface area (Å²) in [4.78, 5) is 0. The third kappa shape index (κ3) is 5.77. The molecule has 158 valence electrons. The predicted octanol–water partition coefficient (Wildman–Crippen LogP) is 6.38. The molecule has 4 nitrogen and oxygen atoms in total. The van der Waals surface area contributed by atoms with E-state index in [-0.39, 0.29) is 5.41 Å². The molecule has 0 atom stereocenters. The maximum atomic E-state index is 6.07. The van der Waals surface area contributed by atoms with Crippen molar-refractivity contribution in [1.29, 1.82) is 0 Å². The van der Waals surface area contributed by atoms with Gasteiger partial charge in [-0.25, -0.2) is 0 Å². The molecule has 0 aliphatic carbocycles. The summed E-state index contributed by atoms with van der Waals surface area (Å²) in [7, 11) is 1.66. The molecule has 0 heterocycles. The summed E-state index contributed by atoms with van der Waals surface area (Å²) in [6.45, 7) is 7.99. The Morgan fingerprint density at radius 2 is 1.57 bits per heavy atom. The SMILES string of the molecule is CCOc1ccc(C(C)(C)COCc2cccc(Oc3ccccc3)c2)cc1OC. The molecule has 3 aromatic rings. The second-order valence-electron chi connectivity index (χ2n) is 7.74. The van der Waals surface area contributed by atoms with E-state index in [0.29, 0.717) is 19.8 Å². The van der Waals surface area contributed by atoms with Gasteiger partial charge in [0.1, 0.15) is 11.5 Å². The molecule has 4 heteroatoms. The summed E-state index contributed by atoms with van der Waals surface area (Å²) in [5.74, 6) is 3.13. The number of hydrogen-bond acceptors (Lipinski definition) is 4. The Balaban J connectivity index is 1.61. The Bertz CT molecular complexity index is 935. The van der Waals surface area contributed by atoms with Crippen molar-refractivity contribution in [2.24, 2.45) is 0 Å². The van der Waals surface area contributed by atoms with Crippen molar-refractivity contribution in [3.8, 4) is 23.0 Å². The molecule has 0 aliphatic rings. The van der Waals surface area contributed by atoms with Crippen LogP contribution in [-0.4, -0.2) is 20.3 Å². The normalized spacial score (nSPS) is 11.2. The molecule has 0 saturated carbocycles. The van der Waals surface area contributed by atoms with E-state index in [1.54, 1.807) is 7.11 Å². The van der Waals surface area contributed by atoms with Crippen molar-refractivity contribution in [2.75, 3.05) is 20.3 Å². The molecule has 0 unspecified atom stereocenters. The summed E-state index contributed by atoms with van der Waals surface area (Å²) in [5.41, 5.74) is 2.04. The number of para-hydroxylation sites is 1. The second kappa shape index (κ2) is 10.2. The lowest BCUT2D eigenvalue weighted by atomic mass is 9.85. The van der Waals surface area contributed by atoms with Crippen LogP contribution in [0.4, 0.5) is 0 Å². The third-order valence-corrected chi connectivity index (χ3v) is 4.85. The highest BCUT2D eigenvalue weighted by Gasteiger charge is 2.23. The molecule has 0 amide bonds. The monoisotopic (exact) mass is 406 g/mol. The lowest BCUT2D eigenvalue weighted by molar-refractivity contribution is 0.0823. The first kappa shape index (κ1) is 21.7. The van der Waals surface area contributed by atoms with E-state index in [2.05, 4.69) is 19.9 Å². The van der Waals surface area contributed by atoms with Crippen molar-refractivity contribution in [1.82, 2.24) is 0 Å². The average molecular weight is 407 g/mol. The van der Waals surface area contributed by atoms with Gasteiger partial charge in [0.2, 0.25) is 0 Å². The number of ether oxygens (including phenoxy) is 4. The van der Waals surface area contributed by atoms with Gasteiger partial charge in [-0.2, -0.15) is 0 Å². The Morgan fingerprint density at radius 3 is 2.30 bits per heavy atom. The largest absolute Gasteiger partial charge is 0.493 e. The van der Waals surface area contributed by atoms with Gasteiger partial charge in [0.25, 0.3) is 0 Å². The van der Waals surface area contributed by atoms with Gasteiger partial charge in [-0.1, -0.05) is 50.2 Å². The van der Waals surface area contributed by atoms with Crippen molar-refractivity contribution < 1.29 is 18.9 Å². The van der Waals surface area contributed by atoms with Gasteiger partial charge < -0.3 is 18.9 Å². The summed E-state index contributed by atoms with van der Waals surface area (Å²) < 4.78 is 23.1. The summed E-state index contributed by atoms with van der Waals surface area (Å²) in [5, 5.41) is 0. The highest BCUT2D eigenvalue weighted by molar-refractivity contribution is 5.45. The third-order valence-electron chi connectivity index (χ3n) is 4.85. The zero-order valence-corrected chi connectivity index (χ0v) is 18.2. The lowest BCUT2D eigenvalue weighted by Gasteiger charge is -2.26. The molecule has 0 fully saturated rings. The van der Waals surface area contributed by atoms with E-state index < -0.39 is 0 Å². The molecule has 0 N–H and O–H groups in total. The number of rotatable bonds is 10. The van der Waals surface area contributed by atoms with Gasteiger partial charge in [0.05, 0.1) is 26.9 Å².